The van der Waals surface area contributed by atoms with E-state index < -0.39 is 0 Å². The maximum Gasteiger partial charge on any atom is 0.0379 e. The number of halogens is 1. The lowest BCUT2D eigenvalue weighted by atomic mass is 10.3. The lowest BCUT2D eigenvalue weighted by molar-refractivity contribution is 1.33. The summed E-state index contributed by atoms with van der Waals surface area (Å²) in [6, 6.07) is 20.3. The van der Waals surface area contributed by atoms with Gasteiger partial charge in [-0.25, -0.2) is 0 Å². The molecule has 0 spiro atoms. The Hall–Kier alpha value is -2.19. The van der Waals surface area contributed by atoms with Crippen LogP contribution in [0.5, 0.6) is 0 Å². The van der Waals surface area contributed by atoms with E-state index in [9.17, 15) is 0 Å². The van der Waals surface area contributed by atoms with Gasteiger partial charge in [0.25, 0.3) is 0 Å². The molecule has 0 aromatic heterocycles. The number of nitrogens with one attached hydrogen (secondary N) is 2. The van der Waals surface area contributed by atoms with Crippen LogP contribution in [-0.4, -0.2) is 6.54 Å². The van der Waals surface area contributed by atoms with Crippen molar-refractivity contribution in [2.24, 2.45) is 0 Å². The minimum Gasteiger partial charge on any atom is -0.382 e. The van der Waals surface area contributed by atoms with E-state index in [0.717, 1.165) is 17.9 Å². The van der Waals surface area contributed by atoms with Gasteiger partial charge in [0, 0.05) is 24.1 Å². The molecule has 0 saturated heterocycles. The van der Waals surface area contributed by atoms with Crippen molar-refractivity contribution in [3.63, 3.8) is 0 Å². The number of hydrogen-bond donors (Lipinski definition) is 2. The van der Waals surface area contributed by atoms with Gasteiger partial charge in [-0.1, -0.05) is 48.6 Å². The number of para-hydroxylation sites is 2. The predicted molar refractivity (Wildman–Crippen MR) is 90.5 cm³/mol. The average molecular weight is 287 g/mol. The van der Waals surface area contributed by atoms with Crippen molar-refractivity contribution in [3.05, 3.63) is 85.1 Å². The van der Waals surface area contributed by atoms with Gasteiger partial charge >= 0.3 is 0 Å². The molecule has 2 rings (SSSR count). The van der Waals surface area contributed by atoms with Gasteiger partial charge in [-0.3, -0.25) is 0 Å². The van der Waals surface area contributed by atoms with Gasteiger partial charge in [0.1, 0.15) is 0 Å². The van der Waals surface area contributed by atoms with Crippen LogP contribution in [0.2, 0.25) is 0 Å². The van der Waals surface area contributed by atoms with E-state index in [0.29, 0.717) is 0 Å². The Morgan fingerprint density at radius 3 is 2.00 bits per heavy atom. The molecule has 2 aromatic carbocycles. The summed E-state index contributed by atoms with van der Waals surface area (Å²) in [4.78, 5) is 0. The van der Waals surface area contributed by atoms with Crippen LogP contribution in [0.25, 0.3) is 0 Å². The first-order chi connectivity index (χ1) is 9.45. The minimum absolute atomic E-state index is 0. The van der Waals surface area contributed by atoms with Crippen LogP contribution in [0.1, 0.15) is 0 Å². The highest BCUT2D eigenvalue weighted by Crippen LogP contribution is 2.05. The average Bonchev–Trinajstić information content (AvgIpc) is 2.48. The van der Waals surface area contributed by atoms with Gasteiger partial charge < -0.3 is 10.6 Å². The van der Waals surface area contributed by atoms with E-state index in [-0.39, 0.29) is 12.4 Å². The summed E-state index contributed by atoms with van der Waals surface area (Å²) in [5.74, 6) is 0. The molecule has 0 heterocycles. The van der Waals surface area contributed by atoms with Gasteiger partial charge in [0.15, 0.2) is 0 Å². The van der Waals surface area contributed by atoms with E-state index in [1.54, 1.807) is 0 Å². The maximum absolute atomic E-state index is 3.31. The highest BCUT2D eigenvalue weighted by atomic mass is 35.5. The van der Waals surface area contributed by atoms with Crippen molar-refractivity contribution >= 4 is 23.8 Å². The molecule has 0 radical (unpaired) electrons. The zero-order chi connectivity index (χ0) is 13.2. The minimum atomic E-state index is 0. The molecule has 0 bridgehead atoms. The first-order valence-corrected chi connectivity index (χ1v) is 6.37. The number of allylic oxidation sites excluding steroid dienone is 2. The van der Waals surface area contributed by atoms with Crippen molar-refractivity contribution in [2.45, 2.75) is 0 Å². The summed E-state index contributed by atoms with van der Waals surface area (Å²) in [6.07, 6.45) is 8.01. The molecule has 104 valence electrons. The van der Waals surface area contributed by atoms with Gasteiger partial charge in [0.05, 0.1) is 0 Å². The lowest BCUT2D eigenvalue weighted by Crippen LogP contribution is -1.96. The van der Waals surface area contributed by atoms with E-state index in [4.69, 9.17) is 0 Å². The molecule has 0 unspecified atom stereocenters. The molecule has 0 amide bonds. The summed E-state index contributed by atoms with van der Waals surface area (Å²) in [5, 5.41) is 6.51. The second-order valence-corrected chi connectivity index (χ2v) is 4.04. The van der Waals surface area contributed by atoms with Crippen LogP contribution >= 0.6 is 12.4 Å². The lowest BCUT2D eigenvalue weighted by Gasteiger charge is -2.01. The summed E-state index contributed by atoms with van der Waals surface area (Å²) in [7, 11) is 0. The zero-order valence-electron chi connectivity index (χ0n) is 11.2. The number of benzene rings is 2. The molecule has 0 aliphatic rings. The number of anilines is 2. The summed E-state index contributed by atoms with van der Waals surface area (Å²) < 4.78 is 0. The molecule has 2 nitrogen and oxygen atoms in total. The fourth-order valence-electron chi connectivity index (χ4n) is 1.61. The monoisotopic (exact) mass is 286 g/mol. The van der Waals surface area contributed by atoms with E-state index in [1.165, 1.54) is 0 Å². The third kappa shape index (κ3) is 6.12. The molecule has 2 N–H and O–H groups in total. The van der Waals surface area contributed by atoms with Gasteiger partial charge in [-0.2, -0.15) is 0 Å². The SMILES string of the molecule is C(/C=C/Nc1ccccc1)=C\CNc1ccccc1.Cl. The third-order valence-corrected chi connectivity index (χ3v) is 2.57. The molecule has 0 atom stereocenters. The van der Waals surface area contributed by atoms with Crippen LogP contribution in [0.4, 0.5) is 11.4 Å². The number of rotatable bonds is 6. The highest BCUT2D eigenvalue weighted by Gasteiger charge is 1.84. The standard InChI is InChI=1S/C17H18N2.ClH/c1-4-10-16(11-5-1)18-14-8-3-9-15-19-17-12-6-2-7-13-17;/h1-14,18-19H,15H2;1H/b9-3+,14-8+;. The van der Waals surface area contributed by atoms with E-state index in [2.05, 4.69) is 28.8 Å². The van der Waals surface area contributed by atoms with Gasteiger partial charge in [-0.05, 0) is 30.3 Å². The predicted octanol–water partition coefficient (Wildman–Crippen LogP) is 4.70. The molecule has 0 aliphatic carbocycles. The van der Waals surface area contributed by atoms with Gasteiger partial charge in [-0.15, -0.1) is 12.4 Å². The summed E-state index contributed by atoms with van der Waals surface area (Å²) >= 11 is 0. The highest BCUT2D eigenvalue weighted by molar-refractivity contribution is 5.85. The van der Waals surface area contributed by atoms with Crippen LogP contribution in [0, 0.1) is 0 Å². The first-order valence-electron chi connectivity index (χ1n) is 6.37. The Morgan fingerprint density at radius 1 is 0.750 bits per heavy atom. The summed E-state index contributed by atoms with van der Waals surface area (Å²) in [6.45, 7) is 0.819. The normalized spacial score (nSPS) is 10.4. The Bertz CT molecular complexity index is 521. The molecule has 0 aliphatic heterocycles. The third-order valence-electron chi connectivity index (χ3n) is 2.57. The number of hydrogen-bond acceptors (Lipinski definition) is 2. The van der Waals surface area contributed by atoms with E-state index >= 15 is 0 Å². The maximum atomic E-state index is 3.31. The molecular weight excluding hydrogens is 268 g/mol. The molecule has 3 heteroatoms. The molecule has 2 aromatic rings. The van der Waals surface area contributed by atoms with E-state index in [1.807, 2.05) is 66.9 Å². The van der Waals surface area contributed by atoms with Crippen molar-refractivity contribution in [3.8, 4) is 0 Å². The van der Waals surface area contributed by atoms with Crippen molar-refractivity contribution in [1.82, 2.24) is 0 Å². The van der Waals surface area contributed by atoms with Crippen molar-refractivity contribution < 1.29 is 0 Å². The second kappa shape index (κ2) is 9.70. The molecule has 20 heavy (non-hydrogen) atoms. The summed E-state index contributed by atoms with van der Waals surface area (Å²) in [5.41, 5.74) is 2.23. The molecule has 0 saturated carbocycles. The molecular formula is C17H19ClN2. The Morgan fingerprint density at radius 2 is 1.35 bits per heavy atom. The van der Waals surface area contributed by atoms with Crippen LogP contribution < -0.4 is 10.6 Å². The first kappa shape index (κ1) is 15.9. The van der Waals surface area contributed by atoms with Crippen LogP contribution in [0.15, 0.2) is 85.1 Å². The Labute approximate surface area is 126 Å². The fourth-order valence-corrected chi connectivity index (χ4v) is 1.61. The molecule has 0 fully saturated rings. The van der Waals surface area contributed by atoms with Crippen molar-refractivity contribution in [2.75, 3.05) is 17.2 Å². The fraction of sp³-hybridized carbons (Fsp3) is 0.0588. The smallest absolute Gasteiger partial charge is 0.0379 e. The van der Waals surface area contributed by atoms with Crippen LogP contribution in [-0.2, 0) is 0 Å². The quantitative estimate of drug-likeness (QED) is 0.752. The van der Waals surface area contributed by atoms with Crippen molar-refractivity contribution in [1.29, 1.82) is 0 Å². The Balaban J connectivity index is 0.00000200. The second-order valence-electron chi connectivity index (χ2n) is 4.04. The Kier molecular flexibility index (Phi) is 7.70. The van der Waals surface area contributed by atoms with Gasteiger partial charge in [0.2, 0.25) is 0 Å². The zero-order valence-corrected chi connectivity index (χ0v) is 12.0. The topological polar surface area (TPSA) is 24.1 Å². The van der Waals surface area contributed by atoms with Crippen LogP contribution in [0.3, 0.4) is 0 Å². The largest absolute Gasteiger partial charge is 0.382 e.